The SMILES string of the molecule is C#CC(C)(c1ccc(C)cc1)c1csc(NC(=O)NC(C)c2ccc(N3CCNCC3)cc2)n1. The van der Waals surface area contributed by atoms with Crippen molar-refractivity contribution < 1.29 is 4.79 Å². The highest BCUT2D eigenvalue weighted by atomic mass is 32.1. The summed E-state index contributed by atoms with van der Waals surface area (Å²) in [7, 11) is 0. The molecule has 0 spiro atoms. The molecule has 1 saturated heterocycles. The first-order valence-electron chi connectivity index (χ1n) is 11.5. The molecule has 2 heterocycles. The van der Waals surface area contributed by atoms with Crippen LogP contribution < -0.4 is 20.9 Å². The number of amides is 2. The number of thiazole rings is 1. The fourth-order valence-corrected chi connectivity index (χ4v) is 4.88. The Hall–Kier alpha value is -3.34. The number of urea groups is 1. The number of terminal acetylenes is 1. The minimum absolute atomic E-state index is 0.139. The van der Waals surface area contributed by atoms with Gasteiger partial charge in [0, 0.05) is 37.2 Å². The maximum absolute atomic E-state index is 12.6. The molecule has 0 radical (unpaired) electrons. The molecule has 1 fully saturated rings. The lowest BCUT2D eigenvalue weighted by atomic mass is 9.80. The highest BCUT2D eigenvalue weighted by molar-refractivity contribution is 7.14. The van der Waals surface area contributed by atoms with Crippen LogP contribution in [0.25, 0.3) is 0 Å². The first-order valence-corrected chi connectivity index (χ1v) is 12.4. The van der Waals surface area contributed by atoms with Gasteiger partial charge in [-0.3, -0.25) is 5.32 Å². The zero-order valence-corrected chi connectivity index (χ0v) is 20.7. The van der Waals surface area contributed by atoms with E-state index in [-0.39, 0.29) is 12.1 Å². The van der Waals surface area contributed by atoms with Crippen LogP contribution in [0.4, 0.5) is 15.6 Å². The van der Waals surface area contributed by atoms with Gasteiger partial charge in [0.05, 0.1) is 17.2 Å². The van der Waals surface area contributed by atoms with E-state index in [1.165, 1.54) is 22.6 Å². The number of carbonyl (C=O) groups is 1. The van der Waals surface area contributed by atoms with Crippen molar-refractivity contribution in [2.24, 2.45) is 0 Å². The van der Waals surface area contributed by atoms with E-state index in [9.17, 15) is 4.79 Å². The molecule has 2 aromatic carbocycles. The molecule has 2 unspecified atom stereocenters. The zero-order valence-electron chi connectivity index (χ0n) is 19.9. The van der Waals surface area contributed by atoms with Gasteiger partial charge in [0.25, 0.3) is 0 Å². The van der Waals surface area contributed by atoms with Gasteiger partial charge in [-0.15, -0.1) is 17.8 Å². The van der Waals surface area contributed by atoms with Crippen LogP contribution in [0.5, 0.6) is 0 Å². The third-order valence-electron chi connectivity index (χ3n) is 6.38. The third kappa shape index (κ3) is 5.24. The second-order valence-electron chi connectivity index (χ2n) is 8.82. The number of benzene rings is 2. The summed E-state index contributed by atoms with van der Waals surface area (Å²) < 4.78 is 0. The number of aromatic nitrogens is 1. The van der Waals surface area contributed by atoms with Crippen LogP contribution in [0.15, 0.2) is 53.9 Å². The molecule has 4 rings (SSSR count). The van der Waals surface area contributed by atoms with Crippen molar-refractivity contribution in [1.82, 2.24) is 15.6 Å². The van der Waals surface area contributed by atoms with Crippen LogP contribution >= 0.6 is 11.3 Å². The van der Waals surface area contributed by atoms with Crippen LogP contribution in [-0.2, 0) is 5.41 Å². The summed E-state index contributed by atoms with van der Waals surface area (Å²) in [6, 6.07) is 16.1. The molecule has 1 aromatic heterocycles. The molecule has 6 nitrogen and oxygen atoms in total. The minimum Gasteiger partial charge on any atom is -0.369 e. The number of anilines is 2. The molecule has 2 amide bonds. The highest BCUT2D eigenvalue weighted by Gasteiger charge is 2.29. The van der Waals surface area contributed by atoms with E-state index in [2.05, 4.69) is 56.0 Å². The molecular formula is C27H31N5OS. The zero-order chi connectivity index (χ0) is 24.1. The Bertz CT molecular complexity index is 1160. The molecule has 1 aliphatic heterocycles. The molecule has 176 valence electrons. The van der Waals surface area contributed by atoms with Gasteiger partial charge >= 0.3 is 6.03 Å². The number of piperazine rings is 1. The molecule has 0 bridgehead atoms. The molecule has 0 saturated carbocycles. The van der Waals surface area contributed by atoms with Crippen LogP contribution in [0.3, 0.4) is 0 Å². The summed E-state index contributed by atoms with van der Waals surface area (Å²) in [4.78, 5) is 19.6. The second-order valence-corrected chi connectivity index (χ2v) is 9.68. The van der Waals surface area contributed by atoms with Crippen molar-refractivity contribution in [1.29, 1.82) is 0 Å². The highest BCUT2D eigenvalue weighted by Crippen LogP contribution is 2.33. The lowest BCUT2D eigenvalue weighted by molar-refractivity contribution is 0.249. The van der Waals surface area contributed by atoms with E-state index < -0.39 is 5.41 Å². The number of carbonyl (C=O) groups excluding carboxylic acids is 1. The average Bonchev–Trinajstić information content (AvgIpc) is 3.33. The number of aryl methyl sites for hydroxylation is 1. The first kappa shape index (κ1) is 23.8. The monoisotopic (exact) mass is 473 g/mol. The Labute approximate surface area is 205 Å². The van der Waals surface area contributed by atoms with E-state index in [4.69, 9.17) is 6.42 Å². The molecular weight excluding hydrogens is 442 g/mol. The van der Waals surface area contributed by atoms with E-state index in [0.29, 0.717) is 5.13 Å². The molecule has 3 aromatic rings. The Morgan fingerprint density at radius 3 is 2.50 bits per heavy atom. The molecule has 2 atom stereocenters. The lowest BCUT2D eigenvalue weighted by Gasteiger charge is -2.29. The average molecular weight is 474 g/mol. The molecule has 0 aliphatic carbocycles. The third-order valence-corrected chi connectivity index (χ3v) is 7.14. The normalized spacial score (nSPS) is 16.2. The lowest BCUT2D eigenvalue weighted by Crippen LogP contribution is -2.43. The van der Waals surface area contributed by atoms with Gasteiger partial charge in [-0.25, -0.2) is 9.78 Å². The van der Waals surface area contributed by atoms with Gasteiger partial charge in [-0.05, 0) is 44.0 Å². The first-order chi connectivity index (χ1) is 16.4. The number of hydrogen-bond acceptors (Lipinski definition) is 5. The number of rotatable bonds is 6. The van der Waals surface area contributed by atoms with Gasteiger partial charge < -0.3 is 15.5 Å². The number of nitrogens with zero attached hydrogens (tertiary/aromatic N) is 2. The van der Waals surface area contributed by atoms with Crippen LogP contribution in [0.1, 0.15) is 42.3 Å². The maximum Gasteiger partial charge on any atom is 0.321 e. The van der Waals surface area contributed by atoms with E-state index in [1.54, 1.807) is 0 Å². The molecule has 1 aliphatic rings. The Morgan fingerprint density at radius 1 is 1.18 bits per heavy atom. The fraction of sp³-hybridized carbons (Fsp3) is 0.333. The minimum atomic E-state index is -0.667. The van der Waals surface area contributed by atoms with Crippen LogP contribution in [0.2, 0.25) is 0 Å². The van der Waals surface area contributed by atoms with Crippen molar-refractivity contribution in [3.8, 4) is 12.3 Å². The second kappa shape index (κ2) is 10.3. The molecule has 7 heteroatoms. The summed E-state index contributed by atoms with van der Waals surface area (Å²) in [6.45, 7) is 10.0. The Balaban J connectivity index is 1.38. The quantitative estimate of drug-likeness (QED) is 0.455. The van der Waals surface area contributed by atoms with Gasteiger partial charge in [0.1, 0.15) is 0 Å². The van der Waals surface area contributed by atoms with Gasteiger partial charge in [-0.2, -0.15) is 0 Å². The van der Waals surface area contributed by atoms with E-state index >= 15 is 0 Å². The van der Waals surface area contributed by atoms with E-state index in [1.807, 2.05) is 50.4 Å². The van der Waals surface area contributed by atoms with Crippen molar-refractivity contribution >= 4 is 28.2 Å². The van der Waals surface area contributed by atoms with Crippen molar-refractivity contribution in [2.45, 2.75) is 32.2 Å². The van der Waals surface area contributed by atoms with Crippen LogP contribution in [-0.4, -0.2) is 37.2 Å². The Kier molecular flexibility index (Phi) is 7.20. The maximum atomic E-state index is 12.6. The van der Waals surface area contributed by atoms with Crippen molar-refractivity contribution in [3.05, 3.63) is 76.3 Å². The number of hydrogen-bond donors (Lipinski definition) is 3. The van der Waals surface area contributed by atoms with Gasteiger partial charge in [0.2, 0.25) is 0 Å². The van der Waals surface area contributed by atoms with Crippen LogP contribution in [0, 0.1) is 19.3 Å². The van der Waals surface area contributed by atoms with Crippen molar-refractivity contribution in [3.63, 3.8) is 0 Å². The summed E-state index contributed by atoms with van der Waals surface area (Å²) in [5, 5.41) is 11.6. The number of nitrogens with one attached hydrogen (secondary N) is 3. The summed E-state index contributed by atoms with van der Waals surface area (Å²) in [5.74, 6) is 2.89. The molecule has 34 heavy (non-hydrogen) atoms. The summed E-state index contributed by atoms with van der Waals surface area (Å²) in [6.07, 6.45) is 5.92. The summed E-state index contributed by atoms with van der Waals surface area (Å²) >= 11 is 1.37. The molecule has 3 N–H and O–H groups in total. The van der Waals surface area contributed by atoms with Gasteiger partial charge in [0.15, 0.2) is 5.13 Å². The smallest absolute Gasteiger partial charge is 0.321 e. The fourth-order valence-electron chi connectivity index (χ4n) is 4.06. The summed E-state index contributed by atoms with van der Waals surface area (Å²) in [5.41, 5.74) is 4.51. The predicted molar refractivity (Wildman–Crippen MR) is 141 cm³/mol. The van der Waals surface area contributed by atoms with Gasteiger partial charge in [-0.1, -0.05) is 47.9 Å². The topological polar surface area (TPSA) is 69.3 Å². The standard InChI is InChI=1S/C27H31N5OS/c1-5-27(4,22-10-6-19(2)7-11-22)24-18-34-26(30-24)31-25(33)29-20(3)21-8-12-23(13-9-21)32-16-14-28-15-17-32/h1,6-13,18,20,28H,14-17H2,2-4H3,(H2,29,30,31,33). The Morgan fingerprint density at radius 2 is 1.85 bits per heavy atom. The van der Waals surface area contributed by atoms with Crippen molar-refractivity contribution in [2.75, 3.05) is 36.4 Å². The largest absolute Gasteiger partial charge is 0.369 e. The predicted octanol–water partition coefficient (Wildman–Crippen LogP) is 4.68. The van der Waals surface area contributed by atoms with E-state index in [0.717, 1.165) is 43.0 Å².